The van der Waals surface area contributed by atoms with Gasteiger partial charge in [-0.15, -0.1) is 0 Å². The van der Waals surface area contributed by atoms with Crippen LogP contribution >= 0.6 is 0 Å². The third kappa shape index (κ3) is 4.27. The van der Waals surface area contributed by atoms with Gasteiger partial charge in [0.25, 0.3) is 5.91 Å². The number of carbonyl (C=O) groups is 1. The number of rotatable bonds is 4. The normalized spacial score (nSPS) is 15.4. The minimum Gasteiger partial charge on any atom is -0.335 e. The Kier molecular flexibility index (Phi) is 5.81. The van der Waals surface area contributed by atoms with Crippen LogP contribution in [0.3, 0.4) is 0 Å². The minimum absolute atomic E-state index is 0.0541. The van der Waals surface area contributed by atoms with Gasteiger partial charge in [0.15, 0.2) is 5.69 Å². The molecule has 3 aromatic rings. The lowest BCUT2D eigenvalue weighted by Crippen LogP contribution is -2.48. The van der Waals surface area contributed by atoms with Gasteiger partial charge in [0.1, 0.15) is 5.69 Å². The van der Waals surface area contributed by atoms with Gasteiger partial charge in [-0.05, 0) is 26.0 Å². The summed E-state index contributed by atoms with van der Waals surface area (Å²) in [5, 5.41) is 8.12. The monoisotopic (exact) mass is 446 g/mol. The van der Waals surface area contributed by atoms with E-state index in [1.54, 1.807) is 4.90 Å². The van der Waals surface area contributed by atoms with Crippen molar-refractivity contribution in [3.63, 3.8) is 0 Å². The maximum absolute atomic E-state index is 12.9. The molecule has 0 N–H and O–H groups in total. The van der Waals surface area contributed by atoms with Gasteiger partial charge in [0, 0.05) is 57.1 Å². The van der Waals surface area contributed by atoms with Gasteiger partial charge in [-0.2, -0.15) is 23.4 Å². The molecule has 1 aromatic carbocycles. The van der Waals surface area contributed by atoms with Crippen molar-refractivity contribution in [1.82, 2.24) is 29.4 Å². The molecule has 1 aliphatic rings. The molecule has 0 aliphatic carbocycles. The van der Waals surface area contributed by atoms with Crippen LogP contribution in [0.2, 0.25) is 0 Å². The van der Waals surface area contributed by atoms with Crippen LogP contribution in [0, 0.1) is 13.8 Å². The summed E-state index contributed by atoms with van der Waals surface area (Å²) in [5.74, 6) is -0.431. The average Bonchev–Trinajstić information content (AvgIpc) is 3.29. The molecule has 1 aliphatic heterocycles. The van der Waals surface area contributed by atoms with E-state index in [1.165, 1.54) is 7.05 Å². The maximum atomic E-state index is 12.9. The van der Waals surface area contributed by atoms with Crippen molar-refractivity contribution < 1.29 is 18.0 Å². The fraction of sp³-hybridized carbons (Fsp3) is 0.409. The first-order valence-corrected chi connectivity index (χ1v) is 10.4. The van der Waals surface area contributed by atoms with Gasteiger partial charge in [-0.1, -0.05) is 18.2 Å². The lowest BCUT2D eigenvalue weighted by molar-refractivity contribution is -0.141. The molecule has 0 radical (unpaired) electrons. The van der Waals surface area contributed by atoms with Gasteiger partial charge >= 0.3 is 6.18 Å². The quantitative estimate of drug-likeness (QED) is 0.618. The molecule has 0 saturated carbocycles. The van der Waals surface area contributed by atoms with Crippen molar-refractivity contribution in [3.8, 4) is 5.69 Å². The molecular formula is C22H25F3N6O. The summed E-state index contributed by atoms with van der Waals surface area (Å²) in [5.41, 5.74) is 3.07. The van der Waals surface area contributed by atoms with Crippen molar-refractivity contribution in [2.75, 3.05) is 26.2 Å². The average molecular weight is 446 g/mol. The Labute approximate surface area is 184 Å². The van der Waals surface area contributed by atoms with Crippen LogP contribution < -0.4 is 0 Å². The molecule has 170 valence electrons. The zero-order chi connectivity index (χ0) is 23.0. The van der Waals surface area contributed by atoms with Crippen molar-refractivity contribution in [3.05, 3.63) is 64.7 Å². The molecule has 0 bridgehead atoms. The van der Waals surface area contributed by atoms with Crippen LogP contribution in [0.1, 0.15) is 33.1 Å². The van der Waals surface area contributed by atoms with Crippen LogP contribution in [0.5, 0.6) is 0 Å². The molecule has 1 saturated heterocycles. The van der Waals surface area contributed by atoms with Crippen molar-refractivity contribution in [1.29, 1.82) is 0 Å². The summed E-state index contributed by atoms with van der Waals surface area (Å²) < 4.78 is 41.7. The zero-order valence-electron chi connectivity index (χ0n) is 18.2. The fourth-order valence-corrected chi connectivity index (χ4v) is 4.03. The zero-order valence-corrected chi connectivity index (χ0v) is 18.2. The van der Waals surface area contributed by atoms with Crippen LogP contribution in [-0.2, 0) is 19.8 Å². The number of alkyl halides is 3. The van der Waals surface area contributed by atoms with E-state index in [1.807, 2.05) is 48.9 Å². The summed E-state index contributed by atoms with van der Waals surface area (Å²) in [6, 6.07) is 10.8. The molecule has 32 heavy (non-hydrogen) atoms. The lowest BCUT2D eigenvalue weighted by Gasteiger charge is -2.34. The van der Waals surface area contributed by atoms with Crippen molar-refractivity contribution in [2.24, 2.45) is 7.05 Å². The van der Waals surface area contributed by atoms with Gasteiger partial charge in [0.2, 0.25) is 0 Å². The van der Waals surface area contributed by atoms with E-state index in [0.29, 0.717) is 32.7 Å². The highest BCUT2D eigenvalue weighted by molar-refractivity contribution is 5.92. The highest BCUT2D eigenvalue weighted by Crippen LogP contribution is 2.29. The van der Waals surface area contributed by atoms with Gasteiger partial charge < -0.3 is 4.90 Å². The highest BCUT2D eigenvalue weighted by Gasteiger charge is 2.36. The smallest absolute Gasteiger partial charge is 0.335 e. The van der Waals surface area contributed by atoms with Crippen LogP contribution in [0.4, 0.5) is 13.2 Å². The van der Waals surface area contributed by atoms with Gasteiger partial charge in [-0.3, -0.25) is 14.4 Å². The predicted molar refractivity (Wildman–Crippen MR) is 112 cm³/mol. The van der Waals surface area contributed by atoms with E-state index in [4.69, 9.17) is 0 Å². The Balaban J connectivity index is 1.41. The maximum Gasteiger partial charge on any atom is 0.435 e. The number of aromatic nitrogens is 4. The number of aryl methyl sites for hydroxylation is 2. The standard InChI is InChI=1S/C22H25F3N6O/c1-15-18(16(2)31(26-15)17-7-5-4-6-8-17)14-29-9-11-30(12-10-29)21(32)19-13-20(22(23,24)25)27-28(19)3/h4-8,13H,9-12,14H2,1-3H3. The van der Waals surface area contributed by atoms with Gasteiger partial charge in [-0.25, -0.2) is 4.68 Å². The van der Waals surface area contributed by atoms with Crippen LogP contribution in [0.15, 0.2) is 36.4 Å². The molecular weight excluding hydrogens is 421 g/mol. The Bertz CT molecular complexity index is 1110. The lowest BCUT2D eigenvalue weighted by atomic mass is 10.1. The Morgan fingerprint density at radius 3 is 2.28 bits per heavy atom. The fourth-order valence-electron chi connectivity index (χ4n) is 4.03. The minimum atomic E-state index is -4.57. The third-order valence-corrected chi connectivity index (χ3v) is 5.87. The number of nitrogens with zero attached hydrogens (tertiary/aromatic N) is 6. The number of hydrogen-bond donors (Lipinski definition) is 0. The first kappa shape index (κ1) is 22.1. The highest BCUT2D eigenvalue weighted by atomic mass is 19.4. The molecule has 10 heteroatoms. The molecule has 0 unspecified atom stereocenters. The summed E-state index contributed by atoms with van der Waals surface area (Å²) in [4.78, 5) is 16.6. The van der Waals surface area contributed by atoms with Crippen LogP contribution in [-0.4, -0.2) is 61.4 Å². The Morgan fingerprint density at radius 2 is 1.69 bits per heavy atom. The predicted octanol–water partition coefficient (Wildman–Crippen LogP) is 3.20. The molecule has 7 nitrogen and oxygen atoms in total. The molecule has 4 rings (SSSR count). The molecule has 0 spiro atoms. The van der Waals surface area contributed by atoms with E-state index in [-0.39, 0.29) is 5.69 Å². The molecule has 1 amide bonds. The topological polar surface area (TPSA) is 59.2 Å². The number of carbonyl (C=O) groups excluding carboxylic acids is 1. The molecule has 2 aromatic heterocycles. The van der Waals surface area contributed by atoms with E-state index in [2.05, 4.69) is 15.1 Å². The van der Waals surface area contributed by atoms with E-state index >= 15 is 0 Å². The summed E-state index contributed by atoms with van der Waals surface area (Å²) >= 11 is 0. The summed E-state index contributed by atoms with van der Waals surface area (Å²) in [6.07, 6.45) is -4.57. The number of halogens is 3. The molecule has 1 fully saturated rings. The van der Waals surface area contributed by atoms with Crippen molar-refractivity contribution in [2.45, 2.75) is 26.6 Å². The number of amides is 1. The van der Waals surface area contributed by atoms with E-state index in [9.17, 15) is 18.0 Å². The first-order valence-electron chi connectivity index (χ1n) is 10.4. The number of benzene rings is 1. The Hall–Kier alpha value is -3.14. The molecule has 0 atom stereocenters. The number of piperazine rings is 1. The largest absolute Gasteiger partial charge is 0.435 e. The van der Waals surface area contributed by atoms with Crippen LogP contribution in [0.25, 0.3) is 5.69 Å². The summed E-state index contributed by atoms with van der Waals surface area (Å²) in [7, 11) is 1.36. The second kappa shape index (κ2) is 8.42. The summed E-state index contributed by atoms with van der Waals surface area (Å²) in [6.45, 7) is 6.88. The Morgan fingerprint density at radius 1 is 1.03 bits per heavy atom. The SMILES string of the molecule is Cc1nn(-c2ccccc2)c(C)c1CN1CCN(C(=O)c2cc(C(F)(F)F)nn2C)CC1. The molecule has 3 heterocycles. The van der Waals surface area contributed by atoms with E-state index in [0.717, 1.165) is 33.4 Å². The second-order valence-electron chi connectivity index (χ2n) is 8.00. The number of hydrogen-bond acceptors (Lipinski definition) is 4. The van der Waals surface area contributed by atoms with E-state index < -0.39 is 17.8 Å². The number of para-hydroxylation sites is 1. The first-order chi connectivity index (χ1) is 15.1. The van der Waals surface area contributed by atoms with Gasteiger partial charge in [0.05, 0.1) is 11.4 Å². The second-order valence-corrected chi connectivity index (χ2v) is 8.00. The third-order valence-electron chi connectivity index (χ3n) is 5.87. The van der Waals surface area contributed by atoms with Crippen molar-refractivity contribution >= 4 is 5.91 Å².